The number of aromatic nitrogens is 1. The van der Waals surface area contributed by atoms with Gasteiger partial charge in [0.05, 0.1) is 12.1 Å². The predicted molar refractivity (Wildman–Crippen MR) is 119 cm³/mol. The van der Waals surface area contributed by atoms with Crippen molar-refractivity contribution in [3.05, 3.63) is 89.7 Å². The van der Waals surface area contributed by atoms with Crippen LogP contribution in [0.25, 0.3) is 0 Å². The highest BCUT2D eigenvalue weighted by molar-refractivity contribution is 6.30. The molecule has 4 rings (SSSR count). The summed E-state index contributed by atoms with van der Waals surface area (Å²) >= 11 is 5.93. The molecule has 1 unspecified atom stereocenters. The molecule has 1 saturated heterocycles. The smallest absolute Gasteiger partial charge is 0.261 e. The van der Waals surface area contributed by atoms with Crippen LogP contribution in [0.3, 0.4) is 0 Å². The Morgan fingerprint density at radius 3 is 2.50 bits per heavy atom. The number of ether oxygens (including phenoxy) is 1. The molecule has 1 fully saturated rings. The van der Waals surface area contributed by atoms with E-state index in [1.807, 2.05) is 12.1 Å². The van der Waals surface area contributed by atoms with Crippen LogP contribution in [0.4, 0.5) is 5.69 Å². The van der Waals surface area contributed by atoms with E-state index in [1.54, 1.807) is 67.0 Å². The number of nitrogens with zero attached hydrogens (tertiary/aromatic N) is 3. The second kappa shape index (κ2) is 9.62. The van der Waals surface area contributed by atoms with Gasteiger partial charge in [0.15, 0.2) is 6.61 Å². The summed E-state index contributed by atoms with van der Waals surface area (Å²) in [6, 6.07) is 18.0. The standard InChI is InChI=1S/C24H20ClN3O4/c25-18-8-10-19(11-9-18)28-22(29)13-21(24(28)31)27(15-17-5-4-12-26-14-17)23(30)16-32-20-6-2-1-3-7-20/h1-12,14,21H,13,15-16H2. The lowest BCUT2D eigenvalue weighted by molar-refractivity contribution is -0.140. The molecule has 2 heterocycles. The zero-order valence-electron chi connectivity index (χ0n) is 17.1. The van der Waals surface area contributed by atoms with Crippen molar-refractivity contribution in [3.63, 3.8) is 0 Å². The van der Waals surface area contributed by atoms with E-state index in [9.17, 15) is 14.4 Å². The second-order valence-corrected chi connectivity index (χ2v) is 7.68. The molecule has 3 aromatic rings. The molecule has 7 nitrogen and oxygen atoms in total. The number of benzene rings is 2. The molecule has 162 valence electrons. The maximum atomic E-state index is 13.2. The number of para-hydroxylation sites is 1. The molecular formula is C24H20ClN3O4. The summed E-state index contributed by atoms with van der Waals surface area (Å²) in [7, 11) is 0. The molecule has 0 saturated carbocycles. The van der Waals surface area contributed by atoms with E-state index in [2.05, 4.69) is 4.98 Å². The van der Waals surface area contributed by atoms with E-state index in [0.29, 0.717) is 16.5 Å². The number of pyridine rings is 1. The number of hydrogen-bond acceptors (Lipinski definition) is 5. The molecule has 1 aliphatic rings. The lowest BCUT2D eigenvalue weighted by Crippen LogP contribution is -2.46. The van der Waals surface area contributed by atoms with Crippen LogP contribution in [0, 0.1) is 0 Å². The van der Waals surface area contributed by atoms with E-state index < -0.39 is 17.9 Å². The molecule has 8 heteroatoms. The molecule has 1 atom stereocenters. The minimum absolute atomic E-state index is 0.112. The number of imide groups is 1. The summed E-state index contributed by atoms with van der Waals surface area (Å²) in [5, 5.41) is 0.496. The fourth-order valence-corrected chi connectivity index (χ4v) is 3.65. The molecule has 1 aromatic heterocycles. The third-order valence-corrected chi connectivity index (χ3v) is 5.34. The van der Waals surface area contributed by atoms with Crippen LogP contribution < -0.4 is 9.64 Å². The SMILES string of the molecule is O=C1CC(N(Cc2cccnc2)C(=O)COc2ccccc2)C(=O)N1c1ccc(Cl)cc1. The van der Waals surface area contributed by atoms with E-state index >= 15 is 0 Å². The topological polar surface area (TPSA) is 79.8 Å². The Bertz CT molecular complexity index is 1110. The van der Waals surface area contributed by atoms with E-state index in [4.69, 9.17) is 16.3 Å². The van der Waals surface area contributed by atoms with Gasteiger partial charge in [0.2, 0.25) is 5.91 Å². The molecule has 0 spiro atoms. The summed E-state index contributed by atoms with van der Waals surface area (Å²) in [5.74, 6) is -0.704. The molecule has 32 heavy (non-hydrogen) atoms. The minimum atomic E-state index is -0.940. The Kier molecular flexibility index (Phi) is 6.47. The average molecular weight is 450 g/mol. The zero-order valence-corrected chi connectivity index (χ0v) is 17.8. The zero-order chi connectivity index (χ0) is 22.5. The third kappa shape index (κ3) is 4.78. The van der Waals surface area contributed by atoms with Gasteiger partial charge in [0, 0.05) is 24.0 Å². The van der Waals surface area contributed by atoms with Gasteiger partial charge in [-0.15, -0.1) is 0 Å². The van der Waals surface area contributed by atoms with Crippen LogP contribution in [-0.4, -0.2) is 40.3 Å². The van der Waals surface area contributed by atoms with Gasteiger partial charge in [-0.2, -0.15) is 0 Å². The van der Waals surface area contributed by atoms with Crippen molar-refractivity contribution in [2.75, 3.05) is 11.5 Å². The van der Waals surface area contributed by atoms with Gasteiger partial charge in [0.1, 0.15) is 11.8 Å². The predicted octanol–water partition coefficient (Wildman–Crippen LogP) is 3.47. The molecule has 0 radical (unpaired) electrons. The molecule has 0 aliphatic carbocycles. The number of anilines is 1. The first-order chi connectivity index (χ1) is 15.5. The Balaban J connectivity index is 1.57. The van der Waals surface area contributed by atoms with Gasteiger partial charge < -0.3 is 9.64 Å². The first-order valence-electron chi connectivity index (χ1n) is 10.0. The van der Waals surface area contributed by atoms with Crippen molar-refractivity contribution in [2.24, 2.45) is 0 Å². The number of carbonyl (C=O) groups is 3. The number of amides is 3. The molecular weight excluding hydrogens is 430 g/mol. The lowest BCUT2D eigenvalue weighted by atomic mass is 10.1. The van der Waals surface area contributed by atoms with E-state index in [-0.39, 0.29) is 25.5 Å². The Hall–Kier alpha value is -3.71. The summed E-state index contributed by atoms with van der Waals surface area (Å²) in [6.07, 6.45) is 3.13. The summed E-state index contributed by atoms with van der Waals surface area (Å²) in [6.45, 7) is -0.133. The van der Waals surface area contributed by atoms with Crippen molar-refractivity contribution in [1.82, 2.24) is 9.88 Å². The highest BCUT2D eigenvalue weighted by atomic mass is 35.5. The van der Waals surface area contributed by atoms with Gasteiger partial charge >= 0.3 is 0 Å². The van der Waals surface area contributed by atoms with Crippen molar-refractivity contribution in [1.29, 1.82) is 0 Å². The molecule has 0 bridgehead atoms. The fourth-order valence-electron chi connectivity index (χ4n) is 3.53. The lowest BCUT2D eigenvalue weighted by Gasteiger charge is -2.27. The number of rotatable bonds is 7. The Labute approximate surface area is 190 Å². The van der Waals surface area contributed by atoms with Gasteiger partial charge in [-0.1, -0.05) is 35.9 Å². The third-order valence-electron chi connectivity index (χ3n) is 5.09. The highest BCUT2D eigenvalue weighted by Crippen LogP contribution is 2.28. The molecule has 1 aliphatic heterocycles. The summed E-state index contributed by atoms with van der Waals surface area (Å²) in [4.78, 5) is 45.7. The van der Waals surface area contributed by atoms with Crippen LogP contribution in [0.1, 0.15) is 12.0 Å². The Morgan fingerprint density at radius 2 is 1.81 bits per heavy atom. The Morgan fingerprint density at radius 1 is 1.06 bits per heavy atom. The van der Waals surface area contributed by atoms with Crippen LogP contribution in [0.5, 0.6) is 5.75 Å². The first-order valence-corrected chi connectivity index (χ1v) is 10.4. The van der Waals surface area contributed by atoms with Gasteiger partial charge in [-0.25, -0.2) is 4.90 Å². The van der Waals surface area contributed by atoms with E-state index in [0.717, 1.165) is 10.5 Å². The quantitative estimate of drug-likeness (QED) is 0.516. The fraction of sp³-hybridized carbons (Fsp3) is 0.167. The van der Waals surface area contributed by atoms with Crippen molar-refractivity contribution < 1.29 is 19.1 Å². The van der Waals surface area contributed by atoms with Crippen LogP contribution in [0.2, 0.25) is 5.02 Å². The van der Waals surface area contributed by atoms with Gasteiger partial charge in [0.25, 0.3) is 11.8 Å². The van der Waals surface area contributed by atoms with Crippen LogP contribution >= 0.6 is 11.6 Å². The highest BCUT2D eigenvalue weighted by Gasteiger charge is 2.44. The van der Waals surface area contributed by atoms with Crippen LogP contribution in [0.15, 0.2) is 79.1 Å². The number of halogens is 1. The second-order valence-electron chi connectivity index (χ2n) is 7.25. The van der Waals surface area contributed by atoms with Crippen molar-refractivity contribution in [3.8, 4) is 5.75 Å². The summed E-state index contributed by atoms with van der Waals surface area (Å²) < 4.78 is 5.60. The van der Waals surface area contributed by atoms with Gasteiger partial charge in [-0.3, -0.25) is 19.4 Å². The monoisotopic (exact) mass is 449 g/mol. The molecule has 2 aromatic carbocycles. The summed E-state index contributed by atoms with van der Waals surface area (Å²) in [5.41, 5.74) is 1.16. The van der Waals surface area contributed by atoms with Crippen LogP contribution in [-0.2, 0) is 20.9 Å². The largest absolute Gasteiger partial charge is 0.484 e. The van der Waals surface area contributed by atoms with E-state index in [1.165, 1.54) is 4.90 Å². The first kappa shape index (κ1) is 21.5. The normalized spacial score (nSPS) is 15.7. The number of carbonyl (C=O) groups excluding carboxylic acids is 3. The maximum Gasteiger partial charge on any atom is 0.261 e. The van der Waals surface area contributed by atoms with Crippen molar-refractivity contribution in [2.45, 2.75) is 19.0 Å². The molecule has 0 N–H and O–H groups in total. The maximum absolute atomic E-state index is 13.2. The molecule has 3 amide bonds. The number of hydrogen-bond donors (Lipinski definition) is 0. The van der Waals surface area contributed by atoms with Crippen molar-refractivity contribution >= 4 is 35.0 Å². The van der Waals surface area contributed by atoms with Gasteiger partial charge in [-0.05, 0) is 48.0 Å². The minimum Gasteiger partial charge on any atom is -0.484 e. The average Bonchev–Trinajstić information content (AvgIpc) is 3.11.